The summed E-state index contributed by atoms with van der Waals surface area (Å²) in [6.45, 7) is 7.44. The fraction of sp³-hybridized carbons (Fsp3) is 0.556. The molecule has 7 heteroatoms. The average molecular weight is 350 g/mol. The van der Waals surface area contributed by atoms with Gasteiger partial charge in [0.05, 0.1) is 7.11 Å². The molecule has 3 N–H and O–H groups in total. The van der Waals surface area contributed by atoms with E-state index >= 15 is 0 Å². The lowest BCUT2D eigenvalue weighted by Gasteiger charge is -2.11. The number of hydrogen-bond donors (Lipinski definition) is 3. The summed E-state index contributed by atoms with van der Waals surface area (Å²) in [7, 11) is 1.63. The summed E-state index contributed by atoms with van der Waals surface area (Å²) in [5.41, 5.74) is 1.01. The van der Waals surface area contributed by atoms with E-state index in [1.807, 2.05) is 38.1 Å². The van der Waals surface area contributed by atoms with E-state index in [9.17, 15) is 4.79 Å². The molecule has 1 rings (SSSR count). The Kier molecular flexibility index (Phi) is 10.8. The monoisotopic (exact) mass is 350 g/mol. The molecule has 25 heavy (non-hydrogen) atoms. The van der Waals surface area contributed by atoms with Gasteiger partial charge in [-0.15, -0.1) is 0 Å². The average Bonchev–Trinajstić information content (AvgIpc) is 2.64. The van der Waals surface area contributed by atoms with Crippen LogP contribution < -0.4 is 20.7 Å². The van der Waals surface area contributed by atoms with Crippen molar-refractivity contribution in [3.05, 3.63) is 29.8 Å². The number of amides is 1. The van der Waals surface area contributed by atoms with Gasteiger partial charge < -0.3 is 25.4 Å². The first-order valence-corrected chi connectivity index (χ1v) is 8.69. The zero-order chi connectivity index (χ0) is 18.3. The molecule has 0 aliphatic rings. The van der Waals surface area contributed by atoms with E-state index in [1.165, 1.54) is 0 Å². The van der Waals surface area contributed by atoms with Gasteiger partial charge in [-0.1, -0.05) is 12.1 Å². The van der Waals surface area contributed by atoms with Crippen molar-refractivity contribution in [2.45, 2.75) is 26.8 Å². The van der Waals surface area contributed by atoms with Gasteiger partial charge in [-0.2, -0.15) is 0 Å². The van der Waals surface area contributed by atoms with Gasteiger partial charge in [-0.3, -0.25) is 4.79 Å². The largest absolute Gasteiger partial charge is 0.497 e. The zero-order valence-electron chi connectivity index (χ0n) is 15.4. The summed E-state index contributed by atoms with van der Waals surface area (Å²) in [6.07, 6.45) is 0.891. The lowest BCUT2D eigenvalue weighted by molar-refractivity contribution is -0.119. The van der Waals surface area contributed by atoms with Crippen molar-refractivity contribution < 1.29 is 14.3 Å². The summed E-state index contributed by atoms with van der Waals surface area (Å²) >= 11 is 0. The zero-order valence-corrected chi connectivity index (χ0v) is 15.4. The predicted octanol–water partition coefficient (Wildman–Crippen LogP) is 1.29. The van der Waals surface area contributed by atoms with Crippen LogP contribution in [0.1, 0.15) is 25.8 Å². The van der Waals surface area contributed by atoms with Crippen molar-refractivity contribution in [2.75, 3.05) is 40.0 Å². The maximum atomic E-state index is 11.9. The fourth-order valence-corrected chi connectivity index (χ4v) is 2.02. The lowest BCUT2D eigenvalue weighted by atomic mass is 10.2. The maximum Gasteiger partial charge on any atom is 0.242 e. The Labute approximate surface area is 150 Å². The molecule has 0 radical (unpaired) electrons. The van der Waals surface area contributed by atoms with Crippen LogP contribution in [0.3, 0.4) is 0 Å². The molecule has 0 aliphatic carbocycles. The minimum atomic E-state index is -0.123. The third kappa shape index (κ3) is 9.56. The van der Waals surface area contributed by atoms with Gasteiger partial charge in [0, 0.05) is 32.8 Å². The summed E-state index contributed by atoms with van der Waals surface area (Å²) in [4.78, 5) is 16.2. The maximum absolute atomic E-state index is 11.9. The molecule has 0 saturated heterocycles. The number of rotatable bonds is 11. The summed E-state index contributed by atoms with van der Waals surface area (Å²) in [6, 6.07) is 7.59. The van der Waals surface area contributed by atoms with Crippen LogP contribution >= 0.6 is 0 Å². The normalized spacial score (nSPS) is 11.1. The van der Waals surface area contributed by atoms with Crippen LogP contribution in [0.15, 0.2) is 29.3 Å². The molecule has 1 aromatic carbocycles. The first-order valence-electron chi connectivity index (χ1n) is 8.69. The molecule has 140 valence electrons. The van der Waals surface area contributed by atoms with Crippen LogP contribution in [-0.4, -0.2) is 51.8 Å². The van der Waals surface area contributed by atoms with Crippen LogP contribution in [0.5, 0.6) is 5.75 Å². The van der Waals surface area contributed by atoms with Gasteiger partial charge in [0.2, 0.25) is 5.91 Å². The van der Waals surface area contributed by atoms with Crippen molar-refractivity contribution in [2.24, 2.45) is 4.99 Å². The third-order valence-corrected chi connectivity index (χ3v) is 3.34. The number of nitrogens with zero attached hydrogens (tertiary/aromatic N) is 1. The number of methoxy groups -OCH3 is 1. The van der Waals surface area contributed by atoms with Crippen LogP contribution in [0.2, 0.25) is 0 Å². The third-order valence-electron chi connectivity index (χ3n) is 3.34. The van der Waals surface area contributed by atoms with Crippen molar-refractivity contribution in [1.29, 1.82) is 0 Å². The molecule has 0 aromatic heterocycles. The van der Waals surface area contributed by atoms with Crippen molar-refractivity contribution in [3.8, 4) is 5.75 Å². The minimum Gasteiger partial charge on any atom is -0.497 e. The van der Waals surface area contributed by atoms with Gasteiger partial charge in [-0.25, -0.2) is 4.99 Å². The molecule has 0 spiro atoms. The Morgan fingerprint density at radius 3 is 2.52 bits per heavy atom. The smallest absolute Gasteiger partial charge is 0.242 e. The fourth-order valence-electron chi connectivity index (χ4n) is 2.02. The molecule has 0 heterocycles. The van der Waals surface area contributed by atoms with E-state index in [2.05, 4.69) is 20.9 Å². The molecule has 0 unspecified atom stereocenters. The standard InChI is InChI=1S/C18H30N4O3/c1-4-19-18(20-11-6-12-25-5-2)22-14-17(23)21-13-15-7-9-16(24-3)10-8-15/h7-10H,4-6,11-14H2,1-3H3,(H,21,23)(H2,19,20,22). The molecular formula is C18H30N4O3. The predicted molar refractivity (Wildman–Crippen MR) is 99.9 cm³/mol. The van der Waals surface area contributed by atoms with Gasteiger partial charge in [0.1, 0.15) is 12.3 Å². The van der Waals surface area contributed by atoms with E-state index in [-0.39, 0.29) is 12.5 Å². The van der Waals surface area contributed by atoms with Gasteiger partial charge >= 0.3 is 0 Å². The number of benzene rings is 1. The highest BCUT2D eigenvalue weighted by atomic mass is 16.5. The molecule has 0 fully saturated rings. The highest BCUT2D eigenvalue weighted by Crippen LogP contribution is 2.10. The van der Waals surface area contributed by atoms with Crippen LogP contribution in [-0.2, 0) is 16.1 Å². The van der Waals surface area contributed by atoms with E-state index in [1.54, 1.807) is 7.11 Å². The quantitative estimate of drug-likeness (QED) is 0.318. The van der Waals surface area contributed by atoms with Crippen LogP contribution in [0.4, 0.5) is 0 Å². The molecule has 0 bridgehead atoms. The van der Waals surface area contributed by atoms with E-state index in [0.717, 1.165) is 37.4 Å². The SMILES string of the molecule is CCNC(=NCC(=O)NCc1ccc(OC)cc1)NCCCOCC. The van der Waals surface area contributed by atoms with Crippen molar-refractivity contribution in [1.82, 2.24) is 16.0 Å². The molecule has 0 saturated carbocycles. The highest BCUT2D eigenvalue weighted by Gasteiger charge is 2.03. The lowest BCUT2D eigenvalue weighted by Crippen LogP contribution is -2.39. The Morgan fingerprint density at radius 1 is 1.12 bits per heavy atom. The second kappa shape index (κ2) is 13.1. The Balaban J connectivity index is 2.34. The van der Waals surface area contributed by atoms with Crippen LogP contribution in [0.25, 0.3) is 0 Å². The minimum absolute atomic E-state index is 0.0803. The first-order chi connectivity index (χ1) is 12.2. The number of guanidine groups is 1. The Hall–Kier alpha value is -2.28. The number of aliphatic imine (C=N–C) groups is 1. The van der Waals surface area contributed by atoms with Crippen molar-refractivity contribution in [3.63, 3.8) is 0 Å². The molecule has 1 amide bonds. The summed E-state index contributed by atoms with van der Waals surface area (Å²) < 4.78 is 10.4. The summed E-state index contributed by atoms with van der Waals surface area (Å²) in [5.74, 6) is 1.31. The van der Waals surface area contributed by atoms with Crippen LogP contribution in [0, 0.1) is 0 Å². The molecule has 0 aliphatic heterocycles. The second-order valence-corrected chi connectivity index (χ2v) is 5.30. The topological polar surface area (TPSA) is 84.0 Å². The van der Waals surface area contributed by atoms with Crippen molar-refractivity contribution >= 4 is 11.9 Å². The summed E-state index contributed by atoms with van der Waals surface area (Å²) in [5, 5.41) is 9.16. The molecule has 0 atom stereocenters. The molecule has 1 aromatic rings. The number of carbonyl (C=O) groups excluding carboxylic acids is 1. The number of nitrogens with one attached hydrogen (secondary N) is 3. The van der Waals surface area contributed by atoms with Gasteiger partial charge in [0.15, 0.2) is 5.96 Å². The number of ether oxygens (including phenoxy) is 2. The Morgan fingerprint density at radius 2 is 1.88 bits per heavy atom. The first kappa shape index (κ1) is 20.8. The molecule has 7 nitrogen and oxygen atoms in total. The van der Waals surface area contributed by atoms with E-state index < -0.39 is 0 Å². The van der Waals surface area contributed by atoms with E-state index in [0.29, 0.717) is 19.1 Å². The highest BCUT2D eigenvalue weighted by molar-refractivity contribution is 5.84. The Bertz CT molecular complexity index is 518. The second-order valence-electron chi connectivity index (χ2n) is 5.30. The number of carbonyl (C=O) groups is 1. The van der Waals surface area contributed by atoms with Gasteiger partial charge in [0.25, 0.3) is 0 Å². The number of hydrogen-bond acceptors (Lipinski definition) is 4. The molecular weight excluding hydrogens is 320 g/mol. The van der Waals surface area contributed by atoms with Gasteiger partial charge in [-0.05, 0) is 38.0 Å². The van der Waals surface area contributed by atoms with E-state index in [4.69, 9.17) is 9.47 Å².